The molecule has 1 atom stereocenters. The van der Waals surface area contributed by atoms with Crippen LogP contribution < -0.4 is 5.32 Å². The van der Waals surface area contributed by atoms with Gasteiger partial charge in [-0.2, -0.15) is 0 Å². The van der Waals surface area contributed by atoms with Gasteiger partial charge in [0, 0.05) is 21.4 Å². The molecular formula is C12H13Br2NO. The Balaban J connectivity index is 1.85. The summed E-state index contributed by atoms with van der Waals surface area (Å²) in [6.45, 7) is 0.708. The van der Waals surface area contributed by atoms with Crippen molar-refractivity contribution in [2.45, 2.75) is 17.7 Å². The van der Waals surface area contributed by atoms with Crippen molar-refractivity contribution in [3.05, 3.63) is 34.3 Å². The van der Waals surface area contributed by atoms with Gasteiger partial charge < -0.3 is 5.32 Å². The monoisotopic (exact) mass is 345 g/mol. The Bertz CT molecular complexity index is 373. The van der Waals surface area contributed by atoms with Crippen molar-refractivity contribution in [2.24, 2.45) is 5.92 Å². The maximum Gasteiger partial charge on any atom is 0.251 e. The van der Waals surface area contributed by atoms with Gasteiger partial charge in [-0.3, -0.25) is 4.79 Å². The van der Waals surface area contributed by atoms with Gasteiger partial charge in [0.1, 0.15) is 0 Å². The molecule has 16 heavy (non-hydrogen) atoms. The molecule has 1 aliphatic rings. The fourth-order valence-corrected chi connectivity index (χ4v) is 2.47. The zero-order valence-corrected chi connectivity index (χ0v) is 11.9. The average Bonchev–Trinajstić information content (AvgIpc) is 3.10. The second kappa shape index (κ2) is 5.32. The van der Waals surface area contributed by atoms with Crippen LogP contribution in [-0.4, -0.2) is 17.3 Å². The third-order valence-corrected chi connectivity index (χ3v) is 4.30. The Morgan fingerprint density at radius 3 is 2.56 bits per heavy atom. The van der Waals surface area contributed by atoms with Crippen molar-refractivity contribution < 1.29 is 4.79 Å². The van der Waals surface area contributed by atoms with E-state index in [-0.39, 0.29) is 5.91 Å². The van der Waals surface area contributed by atoms with Gasteiger partial charge in [0.05, 0.1) is 0 Å². The molecule has 2 nitrogen and oxygen atoms in total. The summed E-state index contributed by atoms with van der Waals surface area (Å²) in [5.41, 5.74) is 0.707. The maximum atomic E-state index is 11.8. The van der Waals surface area contributed by atoms with Gasteiger partial charge in [0.25, 0.3) is 5.91 Å². The van der Waals surface area contributed by atoms with Crippen molar-refractivity contribution in [1.82, 2.24) is 5.32 Å². The van der Waals surface area contributed by atoms with Crippen molar-refractivity contribution >= 4 is 37.8 Å². The van der Waals surface area contributed by atoms with Crippen molar-refractivity contribution in [3.63, 3.8) is 0 Å². The molecule has 0 heterocycles. The van der Waals surface area contributed by atoms with Gasteiger partial charge in [-0.05, 0) is 43.0 Å². The molecular weight excluding hydrogens is 334 g/mol. The number of hydrogen-bond donors (Lipinski definition) is 1. The minimum atomic E-state index is -0.00222. The lowest BCUT2D eigenvalue weighted by atomic mass is 10.2. The first-order valence-corrected chi connectivity index (χ1v) is 7.05. The Morgan fingerprint density at radius 2 is 2.00 bits per heavy atom. The summed E-state index contributed by atoms with van der Waals surface area (Å²) in [7, 11) is 0. The van der Waals surface area contributed by atoms with Crippen LogP contribution >= 0.6 is 31.9 Å². The Hall–Kier alpha value is -0.350. The number of amides is 1. The van der Waals surface area contributed by atoms with Gasteiger partial charge >= 0.3 is 0 Å². The van der Waals surface area contributed by atoms with Gasteiger partial charge in [-0.15, -0.1) is 0 Å². The fourth-order valence-electron chi connectivity index (χ4n) is 1.52. The number of nitrogens with one attached hydrogen (secondary N) is 1. The SMILES string of the molecule is O=C(NCC(Br)C1CC1)c1ccc(Br)cc1. The van der Waals surface area contributed by atoms with Crippen LogP contribution in [0, 0.1) is 5.92 Å². The van der Waals surface area contributed by atoms with Crippen LogP contribution in [0.2, 0.25) is 0 Å². The van der Waals surface area contributed by atoms with Crippen molar-refractivity contribution in [2.75, 3.05) is 6.54 Å². The van der Waals surface area contributed by atoms with E-state index in [1.165, 1.54) is 12.8 Å². The number of hydrogen-bond acceptors (Lipinski definition) is 1. The number of benzene rings is 1. The zero-order chi connectivity index (χ0) is 11.5. The lowest BCUT2D eigenvalue weighted by molar-refractivity contribution is 0.0953. The molecule has 0 aromatic heterocycles. The van der Waals surface area contributed by atoms with Crippen LogP contribution in [0.25, 0.3) is 0 Å². The third kappa shape index (κ3) is 3.32. The molecule has 1 amide bonds. The van der Waals surface area contributed by atoms with E-state index >= 15 is 0 Å². The zero-order valence-electron chi connectivity index (χ0n) is 8.75. The second-order valence-corrected chi connectivity index (χ2v) is 6.16. The molecule has 0 saturated heterocycles. The first kappa shape index (κ1) is 12.1. The first-order chi connectivity index (χ1) is 7.66. The second-order valence-electron chi connectivity index (χ2n) is 4.07. The molecule has 1 aliphatic carbocycles. The number of halogens is 2. The number of alkyl halides is 1. The van der Waals surface area contributed by atoms with E-state index in [0.717, 1.165) is 10.4 Å². The highest BCUT2D eigenvalue weighted by Crippen LogP contribution is 2.36. The molecule has 1 aromatic carbocycles. The number of carbonyl (C=O) groups excluding carboxylic acids is 1. The summed E-state index contributed by atoms with van der Waals surface area (Å²) < 4.78 is 0.986. The van der Waals surface area contributed by atoms with E-state index in [9.17, 15) is 4.79 Å². The summed E-state index contributed by atoms with van der Waals surface area (Å²) in [6, 6.07) is 7.39. The molecule has 2 rings (SSSR count). The van der Waals surface area contributed by atoms with Crippen molar-refractivity contribution in [3.8, 4) is 0 Å². The summed E-state index contributed by atoms with van der Waals surface area (Å²) in [4.78, 5) is 12.2. The lowest BCUT2D eigenvalue weighted by Crippen LogP contribution is -2.30. The largest absolute Gasteiger partial charge is 0.351 e. The van der Waals surface area contributed by atoms with Crippen LogP contribution in [0.3, 0.4) is 0 Å². The quantitative estimate of drug-likeness (QED) is 0.832. The fraction of sp³-hybridized carbons (Fsp3) is 0.417. The molecule has 1 aromatic rings. The van der Waals surface area contributed by atoms with Crippen LogP contribution in [-0.2, 0) is 0 Å². The molecule has 1 N–H and O–H groups in total. The highest BCUT2D eigenvalue weighted by molar-refractivity contribution is 9.10. The predicted molar refractivity (Wildman–Crippen MR) is 71.9 cm³/mol. The average molecular weight is 347 g/mol. The predicted octanol–water partition coefficient (Wildman–Crippen LogP) is 3.35. The van der Waals surface area contributed by atoms with Crippen LogP contribution in [0.4, 0.5) is 0 Å². The summed E-state index contributed by atoms with van der Waals surface area (Å²) in [6.07, 6.45) is 2.56. The van der Waals surface area contributed by atoms with E-state index < -0.39 is 0 Å². The van der Waals surface area contributed by atoms with E-state index in [1.807, 2.05) is 24.3 Å². The van der Waals surface area contributed by atoms with Gasteiger partial charge in [-0.25, -0.2) is 0 Å². The molecule has 1 unspecified atom stereocenters. The maximum absolute atomic E-state index is 11.8. The molecule has 4 heteroatoms. The Morgan fingerprint density at radius 1 is 1.38 bits per heavy atom. The Kier molecular flexibility index (Phi) is 4.03. The van der Waals surface area contributed by atoms with E-state index in [4.69, 9.17) is 0 Å². The van der Waals surface area contributed by atoms with Crippen molar-refractivity contribution in [1.29, 1.82) is 0 Å². The summed E-state index contributed by atoms with van der Waals surface area (Å²) in [5, 5.41) is 2.94. The molecule has 0 radical (unpaired) electrons. The summed E-state index contributed by atoms with van der Waals surface area (Å²) in [5.74, 6) is 0.753. The standard InChI is InChI=1S/C12H13Br2NO/c13-10-5-3-9(4-6-10)12(16)15-7-11(14)8-1-2-8/h3-6,8,11H,1-2,7H2,(H,15,16). The molecule has 0 bridgehead atoms. The summed E-state index contributed by atoms with van der Waals surface area (Å²) >= 11 is 6.94. The molecule has 86 valence electrons. The lowest BCUT2D eigenvalue weighted by Gasteiger charge is -2.09. The highest BCUT2D eigenvalue weighted by Gasteiger charge is 2.29. The molecule has 1 saturated carbocycles. The molecule has 0 aliphatic heterocycles. The number of rotatable bonds is 4. The topological polar surface area (TPSA) is 29.1 Å². The van der Waals surface area contributed by atoms with Gasteiger partial charge in [0.15, 0.2) is 0 Å². The molecule has 1 fully saturated rings. The van der Waals surface area contributed by atoms with Crippen LogP contribution in [0.15, 0.2) is 28.7 Å². The Labute approximate surface area is 112 Å². The highest BCUT2D eigenvalue weighted by atomic mass is 79.9. The normalized spacial score (nSPS) is 16.9. The minimum Gasteiger partial charge on any atom is -0.351 e. The van der Waals surface area contributed by atoms with Crippen LogP contribution in [0.5, 0.6) is 0 Å². The first-order valence-electron chi connectivity index (χ1n) is 5.34. The smallest absolute Gasteiger partial charge is 0.251 e. The van der Waals surface area contributed by atoms with E-state index in [1.54, 1.807) is 0 Å². The van der Waals surface area contributed by atoms with E-state index in [0.29, 0.717) is 16.9 Å². The van der Waals surface area contributed by atoms with Gasteiger partial charge in [-0.1, -0.05) is 31.9 Å². The van der Waals surface area contributed by atoms with Gasteiger partial charge in [0.2, 0.25) is 0 Å². The third-order valence-electron chi connectivity index (χ3n) is 2.70. The minimum absolute atomic E-state index is 0.00222. The molecule has 0 spiro atoms. The number of carbonyl (C=O) groups is 1. The van der Waals surface area contributed by atoms with E-state index in [2.05, 4.69) is 37.2 Å². The van der Waals surface area contributed by atoms with Crippen LogP contribution in [0.1, 0.15) is 23.2 Å².